The number of ketones is 1. The van der Waals surface area contributed by atoms with Crippen LogP contribution >= 0.6 is 0 Å². The summed E-state index contributed by atoms with van der Waals surface area (Å²) in [7, 11) is 6.63. The van der Waals surface area contributed by atoms with E-state index in [2.05, 4.69) is 59.2 Å². The molecule has 2 N–H and O–H groups in total. The average Bonchev–Trinajstić information content (AvgIpc) is 3.05. The van der Waals surface area contributed by atoms with Crippen LogP contribution in [0.2, 0.25) is 0 Å². The Labute approximate surface area is 246 Å². The number of ether oxygens (including phenoxy) is 4. The van der Waals surface area contributed by atoms with Crippen molar-refractivity contribution in [1.82, 2.24) is 10.6 Å². The van der Waals surface area contributed by atoms with Crippen LogP contribution in [0.3, 0.4) is 0 Å². The minimum Gasteiger partial charge on any atom is -0.497 e. The Bertz CT molecular complexity index is 1280. The highest BCUT2D eigenvalue weighted by Gasteiger charge is 2.55. The van der Waals surface area contributed by atoms with Gasteiger partial charge in [0.15, 0.2) is 0 Å². The average molecular weight is 565 g/mol. The minimum atomic E-state index is -0.346. The molecule has 7 heteroatoms. The molecule has 0 aliphatic carbocycles. The second-order valence-corrected chi connectivity index (χ2v) is 10.8. The van der Waals surface area contributed by atoms with E-state index < -0.39 is 0 Å². The van der Waals surface area contributed by atoms with Gasteiger partial charge in [-0.15, -0.1) is 0 Å². The Morgan fingerprint density at radius 2 is 0.619 bits per heavy atom. The lowest BCUT2D eigenvalue weighted by Crippen LogP contribution is -2.60. The Hall–Kier alpha value is -4.33. The van der Waals surface area contributed by atoms with Crippen LogP contribution in [0, 0.1) is 11.8 Å². The fourth-order valence-corrected chi connectivity index (χ4v) is 6.52. The Balaban J connectivity index is 1.49. The zero-order valence-corrected chi connectivity index (χ0v) is 24.2. The van der Waals surface area contributed by atoms with Crippen molar-refractivity contribution < 1.29 is 23.7 Å². The molecule has 2 heterocycles. The van der Waals surface area contributed by atoms with Gasteiger partial charge in [0.2, 0.25) is 0 Å². The van der Waals surface area contributed by atoms with E-state index in [9.17, 15) is 4.79 Å². The minimum absolute atomic E-state index is 0.232. The molecule has 0 saturated carbocycles. The highest BCUT2D eigenvalue weighted by molar-refractivity contribution is 5.89. The van der Waals surface area contributed by atoms with E-state index in [0.29, 0.717) is 0 Å². The maximum Gasteiger partial charge on any atom is 0.146 e. The van der Waals surface area contributed by atoms with E-state index in [1.54, 1.807) is 28.4 Å². The van der Waals surface area contributed by atoms with Crippen molar-refractivity contribution in [3.63, 3.8) is 0 Å². The SMILES string of the molecule is COc1ccc([C@@H]2N[C@@H](c3ccc(OC)cc3)C3C(=O)C2[C@H](c2ccc(OC)cc2)N[C@H]3c2ccc(OC)cc2)cc1. The van der Waals surface area contributed by atoms with E-state index in [1.165, 1.54) is 0 Å². The normalized spacial score (nSPS) is 25.0. The van der Waals surface area contributed by atoms with Gasteiger partial charge in [0.05, 0.1) is 40.3 Å². The lowest BCUT2D eigenvalue weighted by molar-refractivity contribution is -0.139. The predicted octanol–water partition coefficient (Wildman–Crippen LogP) is 5.99. The molecule has 2 fully saturated rings. The summed E-state index contributed by atoms with van der Waals surface area (Å²) in [6.07, 6.45) is 0. The van der Waals surface area contributed by atoms with Gasteiger partial charge in [-0.05, 0) is 70.8 Å². The van der Waals surface area contributed by atoms with Crippen molar-refractivity contribution in [3.05, 3.63) is 119 Å². The summed E-state index contributed by atoms with van der Waals surface area (Å²) in [6.45, 7) is 0. The van der Waals surface area contributed by atoms with Gasteiger partial charge < -0.3 is 29.6 Å². The maximum atomic E-state index is 14.9. The second kappa shape index (κ2) is 11.9. The van der Waals surface area contributed by atoms with Crippen LogP contribution in [0.25, 0.3) is 0 Å². The van der Waals surface area contributed by atoms with Crippen LogP contribution in [0.5, 0.6) is 23.0 Å². The van der Waals surface area contributed by atoms with Crippen molar-refractivity contribution in [1.29, 1.82) is 0 Å². The number of carbonyl (C=O) groups is 1. The molecule has 0 aromatic heterocycles. The lowest BCUT2D eigenvalue weighted by Gasteiger charge is -2.52. The molecule has 0 spiro atoms. The van der Waals surface area contributed by atoms with Crippen molar-refractivity contribution in [2.45, 2.75) is 24.2 Å². The third kappa shape index (κ3) is 5.10. The van der Waals surface area contributed by atoms with Crippen LogP contribution in [-0.2, 0) is 4.79 Å². The van der Waals surface area contributed by atoms with Crippen LogP contribution < -0.4 is 29.6 Å². The molecule has 6 rings (SSSR count). The first kappa shape index (κ1) is 27.8. The number of fused-ring (bicyclic) bond motifs is 2. The van der Waals surface area contributed by atoms with Crippen molar-refractivity contribution in [2.75, 3.05) is 28.4 Å². The molecule has 216 valence electrons. The molecule has 4 aromatic rings. The lowest BCUT2D eigenvalue weighted by atomic mass is 9.64. The van der Waals surface area contributed by atoms with Gasteiger partial charge in [0, 0.05) is 24.2 Å². The number of hydrogen-bond acceptors (Lipinski definition) is 7. The summed E-state index contributed by atoms with van der Waals surface area (Å²) >= 11 is 0. The number of nitrogens with one attached hydrogen (secondary N) is 2. The zero-order chi connectivity index (χ0) is 29.2. The number of benzene rings is 4. The standard InChI is InChI=1S/C35H36N2O5/c1-39-25-13-5-21(6-14-25)31-29-32(22-7-15-26(40-2)16-8-22)37-34(24-11-19-28(42-4)20-12-24)30(35(29)38)33(36-31)23-9-17-27(41-3)18-10-23/h5-20,29-34,36-37H,1-4H3/t29?,30?,31-,32-,33-,34-/m0/s1. The van der Waals surface area contributed by atoms with Gasteiger partial charge in [-0.25, -0.2) is 0 Å². The fraction of sp³-hybridized carbons (Fsp3) is 0.286. The first-order valence-electron chi connectivity index (χ1n) is 14.2. The highest BCUT2D eigenvalue weighted by Crippen LogP contribution is 2.52. The van der Waals surface area contributed by atoms with Crippen LogP contribution in [0.15, 0.2) is 97.1 Å². The molecular formula is C35H36N2O5. The van der Waals surface area contributed by atoms with E-state index in [0.717, 1.165) is 45.3 Å². The van der Waals surface area contributed by atoms with Crippen molar-refractivity contribution in [2.24, 2.45) is 11.8 Å². The number of carbonyl (C=O) groups excluding carboxylic acids is 1. The zero-order valence-electron chi connectivity index (χ0n) is 24.2. The van der Waals surface area contributed by atoms with Gasteiger partial charge in [-0.2, -0.15) is 0 Å². The summed E-state index contributed by atoms with van der Waals surface area (Å²) in [6, 6.07) is 31.1. The molecule has 2 bridgehead atoms. The number of hydrogen-bond donors (Lipinski definition) is 2. The summed E-state index contributed by atoms with van der Waals surface area (Å²) in [5, 5.41) is 7.89. The molecule has 4 atom stereocenters. The number of piperidine rings is 2. The first-order valence-corrected chi connectivity index (χ1v) is 14.2. The number of methoxy groups -OCH3 is 4. The molecule has 2 aliphatic rings. The second-order valence-electron chi connectivity index (χ2n) is 10.8. The number of Topliss-reactive ketones (excluding diaryl/α,β-unsaturated/α-hetero) is 1. The van der Waals surface area contributed by atoms with E-state index in [-0.39, 0.29) is 41.8 Å². The van der Waals surface area contributed by atoms with Crippen LogP contribution in [0.4, 0.5) is 0 Å². The summed E-state index contributed by atoms with van der Waals surface area (Å²) < 4.78 is 21.7. The van der Waals surface area contributed by atoms with Crippen LogP contribution in [-0.4, -0.2) is 34.2 Å². The van der Waals surface area contributed by atoms with Gasteiger partial charge >= 0.3 is 0 Å². The molecule has 0 unspecified atom stereocenters. The Morgan fingerprint density at radius 1 is 0.405 bits per heavy atom. The molecular weight excluding hydrogens is 528 g/mol. The van der Waals surface area contributed by atoms with Gasteiger partial charge in [-0.1, -0.05) is 48.5 Å². The highest BCUT2D eigenvalue weighted by atomic mass is 16.5. The summed E-state index contributed by atoms with van der Waals surface area (Å²) in [5.41, 5.74) is 4.15. The van der Waals surface area contributed by atoms with Gasteiger partial charge in [0.25, 0.3) is 0 Å². The summed E-state index contributed by atoms with van der Waals surface area (Å²) in [4.78, 5) is 14.9. The molecule has 7 nitrogen and oxygen atoms in total. The molecule has 2 aliphatic heterocycles. The van der Waals surface area contributed by atoms with Gasteiger partial charge in [0.1, 0.15) is 28.8 Å². The third-order valence-corrected chi connectivity index (χ3v) is 8.71. The van der Waals surface area contributed by atoms with Crippen molar-refractivity contribution in [3.8, 4) is 23.0 Å². The predicted molar refractivity (Wildman–Crippen MR) is 161 cm³/mol. The van der Waals surface area contributed by atoms with E-state index in [1.807, 2.05) is 48.5 Å². The number of rotatable bonds is 8. The largest absolute Gasteiger partial charge is 0.497 e. The monoisotopic (exact) mass is 564 g/mol. The smallest absolute Gasteiger partial charge is 0.146 e. The molecule has 42 heavy (non-hydrogen) atoms. The van der Waals surface area contributed by atoms with E-state index in [4.69, 9.17) is 18.9 Å². The quantitative estimate of drug-likeness (QED) is 0.272. The Kier molecular flexibility index (Phi) is 7.87. The van der Waals surface area contributed by atoms with Gasteiger partial charge in [-0.3, -0.25) is 4.79 Å². The molecule has 2 saturated heterocycles. The first-order chi connectivity index (χ1) is 20.5. The van der Waals surface area contributed by atoms with Crippen LogP contribution in [0.1, 0.15) is 46.4 Å². The van der Waals surface area contributed by atoms with E-state index >= 15 is 0 Å². The van der Waals surface area contributed by atoms with Crippen molar-refractivity contribution >= 4 is 5.78 Å². The molecule has 0 radical (unpaired) electrons. The Morgan fingerprint density at radius 3 is 0.810 bits per heavy atom. The topological polar surface area (TPSA) is 78.1 Å². The third-order valence-electron chi connectivity index (χ3n) is 8.71. The summed E-state index contributed by atoms with van der Waals surface area (Å²) in [5.74, 6) is 2.64. The molecule has 0 amide bonds. The molecule has 4 aromatic carbocycles. The fourth-order valence-electron chi connectivity index (χ4n) is 6.52. The maximum absolute atomic E-state index is 14.9.